The van der Waals surface area contributed by atoms with E-state index in [9.17, 15) is 13.2 Å². The van der Waals surface area contributed by atoms with E-state index in [1.54, 1.807) is 12.1 Å². The molecule has 0 unspecified atom stereocenters. The van der Waals surface area contributed by atoms with E-state index in [1.807, 2.05) is 6.92 Å². The van der Waals surface area contributed by atoms with Crippen LogP contribution < -0.4 is 5.32 Å². The molecule has 0 saturated carbocycles. The number of hydrogen-bond donors (Lipinski definition) is 1. The molecule has 0 spiro atoms. The molecular formula is C15H18N2O4S. The first-order valence-corrected chi connectivity index (χ1v) is 8.21. The summed E-state index contributed by atoms with van der Waals surface area (Å²) in [7, 11) is -0.541. The number of carbonyl (C=O) groups is 1. The molecule has 22 heavy (non-hydrogen) atoms. The van der Waals surface area contributed by atoms with Crippen LogP contribution in [0.25, 0.3) is 0 Å². The van der Waals surface area contributed by atoms with E-state index < -0.39 is 10.0 Å². The second kappa shape index (κ2) is 6.33. The van der Waals surface area contributed by atoms with Crippen LogP contribution in [-0.2, 0) is 16.4 Å². The van der Waals surface area contributed by atoms with Crippen molar-refractivity contribution in [3.63, 3.8) is 0 Å². The topological polar surface area (TPSA) is 79.6 Å². The van der Waals surface area contributed by atoms with Gasteiger partial charge in [0.2, 0.25) is 10.0 Å². The van der Waals surface area contributed by atoms with Gasteiger partial charge in [-0.15, -0.1) is 0 Å². The number of amides is 1. The molecule has 0 fully saturated rings. The van der Waals surface area contributed by atoms with Gasteiger partial charge in [-0.1, -0.05) is 6.92 Å². The number of aryl methyl sites for hydroxylation is 1. The van der Waals surface area contributed by atoms with Gasteiger partial charge < -0.3 is 9.73 Å². The maximum Gasteiger partial charge on any atom is 0.291 e. The summed E-state index contributed by atoms with van der Waals surface area (Å²) in [5, 5.41) is 2.66. The highest BCUT2D eigenvalue weighted by Gasteiger charge is 2.17. The smallest absolute Gasteiger partial charge is 0.291 e. The maximum absolute atomic E-state index is 12.0. The Morgan fingerprint density at radius 3 is 2.27 bits per heavy atom. The van der Waals surface area contributed by atoms with Crippen LogP contribution >= 0.6 is 0 Å². The molecular weight excluding hydrogens is 304 g/mol. The first kappa shape index (κ1) is 16.3. The van der Waals surface area contributed by atoms with E-state index in [-0.39, 0.29) is 16.6 Å². The molecule has 2 rings (SSSR count). The molecule has 0 radical (unpaired) electrons. The Labute approximate surface area is 129 Å². The van der Waals surface area contributed by atoms with Gasteiger partial charge in [0, 0.05) is 26.2 Å². The normalized spacial score (nSPS) is 11.6. The molecule has 1 heterocycles. The predicted octanol–water partition coefficient (Wildman–Crippen LogP) is 2.34. The summed E-state index contributed by atoms with van der Waals surface area (Å²) in [5.74, 6) is 0.585. The zero-order valence-electron chi connectivity index (χ0n) is 12.7. The SMILES string of the molecule is CCc1ccc(C(=O)Nc2ccc(S(=O)(=O)N(C)C)cc2)o1. The molecule has 1 aromatic carbocycles. The van der Waals surface area contributed by atoms with Crippen LogP contribution in [0.1, 0.15) is 23.2 Å². The number of anilines is 1. The summed E-state index contributed by atoms with van der Waals surface area (Å²) in [4.78, 5) is 12.2. The number of rotatable bonds is 5. The predicted molar refractivity (Wildman–Crippen MR) is 83.4 cm³/mol. The number of nitrogens with one attached hydrogen (secondary N) is 1. The molecule has 7 heteroatoms. The van der Waals surface area contributed by atoms with Crippen LogP contribution in [0.3, 0.4) is 0 Å². The lowest BCUT2D eigenvalue weighted by Gasteiger charge is -2.11. The summed E-state index contributed by atoms with van der Waals surface area (Å²) in [6.07, 6.45) is 0.713. The lowest BCUT2D eigenvalue weighted by molar-refractivity contribution is 0.0995. The number of benzene rings is 1. The largest absolute Gasteiger partial charge is 0.456 e. The Balaban J connectivity index is 2.13. The minimum Gasteiger partial charge on any atom is -0.456 e. The Hall–Kier alpha value is -2.12. The Kier molecular flexibility index (Phi) is 4.68. The summed E-state index contributed by atoms with van der Waals surface area (Å²) in [5.41, 5.74) is 0.497. The molecule has 0 bridgehead atoms. The lowest BCUT2D eigenvalue weighted by atomic mass is 10.3. The van der Waals surface area contributed by atoms with E-state index in [4.69, 9.17) is 4.42 Å². The minimum absolute atomic E-state index is 0.168. The van der Waals surface area contributed by atoms with E-state index in [0.29, 0.717) is 12.1 Å². The second-order valence-corrected chi connectivity index (χ2v) is 7.04. The molecule has 0 aliphatic heterocycles. The molecule has 0 aliphatic rings. The van der Waals surface area contributed by atoms with Crippen LogP contribution in [-0.4, -0.2) is 32.7 Å². The van der Waals surface area contributed by atoms with Crippen molar-refractivity contribution < 1.29 is 17.6 Å². The Bertz CT molecular complexity index is 761. The first-order valence-electron chi connectivity index (χ1n) is 6.77. The van der Waals surface area contributed by atoms with Crippen LogP contribution in [0.4, 0.5) is 5.69 Å². The van der Waals surface area contributed by atoms with Gasteiger partial charge in [0.15, 0.2) is 5.76 Å². The second-order valence-electron chi connectivity index (χ2n) is 4.89. The van der Waals surface area contributed by atoms with Crippen molar-refractivity contribution in [2.75, 3.05) is 19.4 Å². The van der Waals surface area contributed by atoms with Gasteiger partial charge in [-0.25, -0.2) is 12.7 Å². The first-order chi connectivity index (χ1) is 10.3. The molecule has 118 valence electrons. The molecule has 0 saturated heterocycles. The van der Waals surface area contributed by atoms with Crippen LogP contribution in [0.2, 0.25) is 0 Å². The van der Waals surface area contributed by atoms with Crippen molar-refractivity contribution in [1.29, 1.82) is 0 Å². The van der Waals surface area contributed by atoms with Crippen LogP contribution in [0, 0.1) is 0 Å². The third-order valence-electron chi connectivity index (χ3n) is 3.12. The lowest BCUT2D eigenvalue weighted by Crippen LogP contribution is -2.22. The van der Waals surface area contributed by atoms with Gasteiger partial charge in [-0.3, -0.25) is 4.79 Å². The zero-order chi connectivity index (χ0) is 16.3. The van der Waals surface area contributed by atoms with Gasteiger partial charge in [0.1, 0.15) is 5.76 Å². The molecule has 0 atom stereocenters. The van der Waals surface area contributed by atoms with Gasteiger partial charge in [0.05, 0.1) is 4.90 Å². The fraction of sp³-hybridized carbons (Fsp3) is 0.267. The number of sulfonamides is 1. The highest BCUT2D eigenvalue weighted by molar-refractivity contribution is 7.89. The number of nitrogens with zero attached hydrogens (tertiary/aromatic N) is 1. The highest BCUT2D eigenvalue weighted by atomic mass is 32.2. The summed E-state index contributed by atoms with van der Waals surface area (Å²) in [6, 6.07) is 9.34. The van der Waals surface area contributed by atoms with Gasteiger partial charge in [0.25, 0.3) is 5.91 Å². The van der Waals surface area contributed by atoms with Crippen molar-refractivity contribution in [1.82, 2.24) is 4.31 Å². The molecule has 1 aromatic heterocycles. The molecule has 6 nitrogen and oxygen atoms in total. The van der Waals surface area contributed by atoms with Crippen molar-refractivity contribution in [2.45, 2.75) is 18.2 Å². The van der Waals surface area contributed by atoms with Crippen LogP contribution in [0.15, 0.2) is 45.7 Å². The summed E-state index contributed by atoms with van der Waals surface area (Å²) >= 11 is 0. The fourth-order valence-electron chi connectivity index (χ4n) is 1.80. The van der Waals surface area contributed by atoms with Gasteiger partial charge in [-0.2, -0.15) is 0 Å². The average Bonchev–Trinajstić information content (AvgIpc) is 2.96. The van der Waals surface area contributed by atoms with Crippen molar-refractivity contribution in [3.05, 3.63) is 47.9 Å². The van der Waals surface area contributed by atoms with Crippen LogP contribution in [0.5, 0.6) is 0 Å². The standard InChI is InChI=1S/C15H18N2O4S/c1-4-12-7-10-14(21-12)15(18)16-11-5-8-13(9-6-11)22(19,20)17(2)3/h5-10H,4H2,1-3H3,(H,16,18). The molecule has 2 aromatic rings. The quantitative estimate of drug-likeness (QED) is 0.916. The monoisotopic (exact) mass is 322 g/mol. The number of hydrogen-bond acceptors (Lipinski definition) is 4. The van der Waals surface area contributed by atoms with E-state index in [2.05, 4.69) is 5.32 Å². The van der Waals surface area contributed by atoms with Gasteiger partial charge in [-0.05, 0) is 36.4 Å². The van der Waals surface area contributed by atoms with Crippen molar-refractivity contribution in [2.24, 2.45) is 0 Å². The van der Waals surface area contributed by atoms with Crippen molar-refractivity contribution >= 4 is 21.6 Å². The fourth-order valence-corrected chi connectivity index (χ4v) is 2.71. The molecule has 1 N–H and O–H groups in total. The maximum atomic E-state index is 12.0. The number of carbonyl (C=O) groups excluding carboxylic acids is 1. The Morgan fingerprint density at radius 1 is 1.14 bits per heavy atom. The summed E-state index contributed by atoms with van der Waals surface area (Å²) in [6.45, 7) is 1.93. The molecule has 0 aliphatic carbocycles. The third kappa shape index (κ3) is 3.37. The van der Waals surface area contributed by atoms with Gasteiger partial charge >= 0.3 is 0 Å². The van der Waals surface area contributed by atoms with E-state index in [1.165, 1.54) is 38.4 Å². The zero-order valence-corrected chi connectivity index (χ0v) is 13.5. The van der Waals surface area contributed by atoms with Crippen molar-refractivity contribution in [3.8, 4) is 0 Å². The third-order valence-corrected chi connectivity index (χ3v) is 4.95. The average molecular weight is 322 g/mol. The highest BCUT2D eigenvalue weighted by Crippen LogP contribution is 2.17. The van der Waals surface area contributed by atoms with E-state index >= 15 is 0 Å². The Morgan fingerprint density at radius 2 is 1.77 bits per heavy atom. The number of furan rings is 1. The molecule has 1 amide bonds. The minimum atomic E-state index is -3.47. The van der Waals surface area contributed by atoms with E-state index in [0.717, 1.165) is 10.1 Å². The summed E-state index contributed by atoms with van der Waals surface area (Å²) < 4.78 is 30.4.